The van der Waals surface area contributed by atoms with Crippen molar-refractivity contribution in [3.8, 4) is 5.75 Å². The van der Waals surface area contributed by atoms with E-state index >= 15 is 0 Å². The molecule has 2 bridgehead atoms. The molecule has 3 unspecified atom stereocenters. The quantitative estimate of drug-likeness (QED) is 0.431. The molecule has 1 aliphatic carbocycles. The first-order valence-corrected chi connectivity index (χ1v) is 9.60. The molecule has 3 heteroatoms. The minimum Gasteiger partial charge on any atom is -0.427 e. The van der Waals surface area contributed by atoms with Crippen molar-refractivity contribution in [3.63, 3.8) is 0 Å². The number of carbonyl (C=O) groups excluding carboxylic acids is 1. The molecule has 0 spiro atoms. The summed E-state index contributed by atoms with van der Waals surface area (Å²) in [6, 6.07) is 9.56. The lowest BCUT2D eigenvalue weighted by molar-refractivity contribution is -0.134. The molecule has 132 valence electrons. The maximum absolute atomic E-state index is 12.0. The summed E-state index contributed by atoms with van der Waals surface area (Å²) in [5.74, 6) is 0.614. The van der Waals surface area contributed by atoms with Crippen LogP contribution in [-0.4, -0.2) is 30.0 Å². The summed E-state index contributed by atoms with van der Waals surface area (Å²) >= 11 is 0. The largest absolute Gasteiger partial charge is 0.427 e. The number of unbranched alkanes of at least 4 members (excludes halogenated alkanes) is 2. The van der Waals surface area contributed by atoms with Gasteiger partial charge in [-0.3, -0.25) is 9.69 Å². The first-order valence-electron chi connectivity index (χ1n) is 9.60. The van der Waals surface area contributed by atoms with Crippen LogP contribution >= 0.6 is 0 Å². The molecular formula is C21H31NO2. The Labute approximate surface area is 146 Å². The maximum Gasteiger partial charge on any atom is 0.311 e. The number of carbonyl (C=O) groups is 1. The third kappa shape index (κ3) is 3.23. The molecule has 1 saturated heterocycles. The SMILES string of the molecule is CCCCCC(=O)Oc1cccc(C23CCCC(C2)N(C)C3C)c1. The van der Waals surface area contributed by atoms with Crippen LogP contribution in [0.15, 0.2) is 24.3 Å². The number of esters is 1. The lowest BCUT2D eigenvalue weighted by Crippen LogP contribution is -2.38. The second kappa shape index (κ2) is 7.26. The first-order chi connectivity index (χ1) is 11.6. The Hall–Kier alpha value is -1.35. The molecule has 24 heavy (non-hydrogen) atoms. The van der Waals surface area contributed by atoms with Crippen LogP contribution in [0.1, 0.15) is 70.8 Å². The van der Waals surface area contributed by atoms with Crippen molar-refractivity contribution in [2.45, 2.75) is 82.7 Å². The standard InChI is InChI=1S/C21H31NO2/c1-4-5-6-12-20(23)24-19-11-7-9-17(14-19)21-13-8-10-18(15-21)22(3)16(21)2/h7,9,11,14,16,18H,4-6,8,10,12-13,15H2,1-3H3. The van der Waals surface area contributed by atoms with E-state index in [1.807, 2.05) is 12.1 Å². The van der Waals surface area contributed by atoms with Crippen molar-refractivity contribution in [3.05, 3.63) is 29.8 Å². The molecule has 3 atom stereocenters. The van der Waals surface area contributed by atoms with Gasteiger partial charge >= 0.3 is 5.97 Å². The van der Waals surface area contributed by atoms with Crippen LogP contribution in [0.3, 0.4) is 0 Å². The number of likely N-dealkylation sites (N-methyl/N-ethyl adjacent to an activating group) is 1. The second-order valence-corrected chi connectivity index (χ2v) is 7.71. The van der Waals surface area contributed by atoms with Crippen LogP contribution in [0.2, 0.25) is 0 Å². The zero-order chi connectivity index (χ0) is 17.2. The normalized spacial score (nSPS) is 29.6. The molecule has 1 saturated carbocycles. The van der Waals surface area contributed by atoms with E-state index in [2.05, 4.69) is 37.9 Å². The Morgan fingerprint density at radius 2 is 2.21 bits per heavy atom. The smallest absolute Gasteiger partial charge is 0.311 e. The third-order valence-electron chi connectivity index (χ3n) is 6.37. The Morgan fingerprint density at radius 3 is 3.00 bits per heavy atom. The number of likely N-dealkylation sites (tertiary alicyclic amines) is 1. The molecular weight excluding hydrogens is 298 g/mol. The van der Waals surface area contributed by atoms with Crippen molar-refractivity contribution in [2.24, 2.45) is 0 Å². The van der Waals surface area contributed by atoms with Gasteiger partial charge in [0.25, 0.3) is 0 Å². The van der Waals surface area contributed by atoms with Crippen molar-refractivity contribution < 1.29 is 9.53 Å². The number of nitrogens with zero attached hydrogens (tertiary/aromatic N) is 1. The van der Waals surface area contributed by atoms with E-state index in [-0.39, 0.29) is 11.4 Å². The molecule has 0 aromatic heterocycles. The molecule has 2 fully saturated rings. The fourth-order valence-corrected chi connectivity index (χ4v) is 4.79. The van der Waals surface area contributed by atoms with Gasteiger partial charge in [-0.05, 0) is 57.4 Å². The van der Waals surface area contributed by atoms with Gasteiger partial charge in [-0.1, -0.05) is 38.3 Å². The summed E-state index contributed by atoms with van der Waals surface area (Å²) < 4.78 is 5.61. The summed E-state index contributed by atoms with van der Waals surface area (Å²) in [7, 11) is 2.26. The molecule has 3 rings (SSSR count). The molecule has 1 heterocycles. The number of fused-ring (bicyclic) bond motifs is 2. The maximum atomic E-state index is 12.0. The average Bonchev–Trinajstić information content (AvgIpc) is 2.76. The van der Waals surface area contributed by atoms with Gasteiger partial charge in [0.1, 0.15) is 5.75 Å². The molecule has 1 aromatic carbocycles. The highest BCUT2D eigenvalue weighted by Gasteiger charge is 2.51. The van der Waals surface area contributed by atoms with Crippen molar-refractivity contribution in [1.82, 2.24) is 4.90 Å². The van der Waals surface area contributed by atoms with Crippen molar-refractivity contribution >= 4 is 5.97 Å². The predicted octanol–water partition coefficient (Wildman–Crippen LogP) is 4.69. The predicted molar refractivity (Wildman–Crippen MR) is 97.4 cm³/mol. The molecule has 0 amide bonds. The average molecular weight is 329 g/mol. The van der Waals surface area contributed by atoms with Crippen LogP contribution in [0.4, 0.5) is 0 Å². The number of benzene rings is 1. The third-order valence-corrected chi connectivity index (χ3v) is 6.37. The minimum atomic E-state index is -0.101. The van der Waals surface area contributed by atoms with Gasteiger partial charge in [0.05, 0.1) is 0 Å². The van der Waals surface area contributed by atoms with E-state index in [0.29, 0.717) is 24.3 Å². The van der Waals surface area contributed by atoms with Crippen LogP contribution in [0.5, 0.6) is 5.75 Å². The van der Waals surface area contributed by atoms with Crippen LogP contribution in [0.25, 0.3) is 0 Å². The lowest BCUT2D eigenvalue weighted by Gasteiger charge is -2.36. The van der Waals surface area contributed by atoms with Gasteiger partial charge in [-0.2, -0.15) is 0 Å². The van der Waals surface area contributed by atoms with Crippen LogP contribution < -0.4 is 4.74 Å². The molecule has 1 aromatic rings. The van der Waals surface area contributed by atoms with E-state index in [1.165, 1.54) is 31.2 Å². The van der Waals surface area contributed by atoms with E-state index in [4.69, 9.17) is 4.74 Å². The van der Waals surface area contributed by atoms with E-state index in [1.54, 1.807) is 0 Å². The van der Waals surface area contributed by atoms with Crippen LogP contribution in [-0.2, 0) is 10.2 Å². The molecule has 0 N–H and O–H groups in total. The summed E-state index contributed by atoms with van der Waals surface area (Å²) in [5, 5.41) is 0. The monoisotopic (exact) mass is 329 g/mol. The zero-order valence-corrected chi connectivity index (χ0v) is 15.4. The Morgan fingerprint density at radius 1 is 1.38 bits per heavy atom. The Balaban J connectivity index is 1.75. The van der Waals surface area contributed by atoms with E-state index in [9.17, 15) is 4.79 Å². The fourth-order valence-electron chi connectivity index (χ4n) is 4.79. The molecule has 2 aliphatic rings. The Kier molecular flexibility index (Phi) is 5.29. The Bertz CT molecular complexity index is 585. The van der Waals surface area contributed by atoms with E-state index in [0.717, 1.165) is 19.3 Å². The molecule has 3 nitrogen and oxygen atoms in total. The molecule has 0 radical (unpaired) electrons. The van der Waals surface area contributed by atoms with Crippen molar-refractivity contribution in [2.75, 3.05) is 7.05 Å². The topological polar surface area (TPSA) is 29.5 Å². The molecule has 1 aliphatic heterocycles. The number of hydrogen-bond acceptors (Lipinski definition) is 3. The van der Waals surface area contributed by atoms with Gasteiger partial charge in [-0.15, -0.1) is 0 Å². The van der Waals surface area contributed by atoms with Gasteiger partial charge < -0.3 is 4.74 Å². The fraction of sp³-hybridized carbons (Fsp3) is 0.667. The van der Waals surface area contributed by atoms with Gasteiger partial charge in [-0.25, -0.2) is 0 Å². The van der Waals surface area contributed by atoms with Crippen molar-refractivity contribution in [1.29, 1.82) is 0 Å². The lowest BCUT2D eigenvalue weighted by atomic mass is 9.67. The zero-order valence-electron chi connectivity index (χ0n) is 15.4. The van der Waals surface area contributed by atoms with Gasteiger partial charge in [0, 0.05) is 23.9 Å². The highest BCUT2D eigenvalue weighted by atomic mass is 16.5. The number of hydrogen-bond donors (Lipinski definition) is 0. The first kappa shape index (κ1) is 17.5. The number of ether oxygens (including phenoxy) is 1. The highest BCUT2D eigenvalue weighted by Crippen LogP contribution is 2.51. The summed E-state index contributed by atoms with van der Waals surface area (Å²) in [5.41, 5.74) is 1.57. The highest BCUT2D eigenvalue weighted by molar-refractivity contribution is 5.72. The van der Waals surface area contributed by atoms with E-state index < -0.39 is 0 Å². The van der Waals surface area contributed by atoms with Gasteiger partial charge in [0.15, 0.2) is 0 Å². The summed E-state index contributed by atoms with van der Waals surface area (Å²) in [6.45, 7) is 4.50. The summed E-state index contributed by atoms with van der Waals surface area (Å²) in [4.78, 5) is 14.6. The summed E-state index contributed by atoms with van der Waals surface area (Å²) in [6.07, 6.45) is 8.73. The number of rotatable bonds is 6. The van der Waals surface area contributed by atoms with Gasteiger partial charge in [0.2, 0.25) is 0 Å². The van der Waals surface area contributed by atoms with Crippen LogP contribution in [0, 0.1) is 0 Å². The minimum absolute atomic E-state index is 0.101. The second-order valence-electron chi connectivity index (χ2n) is 7.71.